The van der Waals surface area contributed by atoms with Crippen LogP contribution in [0.5, 0.6) is 0 Å². The van der Waals surface area contributed by atoms with Gasteiger partial charge in [0.25, 0.3) is 0 Å². The van der Waals surface area contributed by atoms with Gasteiger partial charge in [0.15, 0.2) is 0 Å². The lowest BCUT2D eigenvalue weighted by Crippen LogP contribution is -2.05. The summed E-state index contributed by atoms with van der Waals surface area (Å²) in [5.74, 6) is 0. The van der Waals surface area contributed by atoms with E-state index in [2.05, 4.69) is 4.98 Å². The van der Waals surface area contributed by atoms with E-state index in [4.69, 9.17) is 23.2 Å². The Morgan fingerprint density at radius 3 is 2.19 bits per heavy atom. The number of hydrogen-bond donors (Lipinski definition) is 1. The molecule has 0 bridgehead atoms. The summed E-state index contributed by atoms with van der Waals surface area (Å²) in [6.45, 7) is 0. The van der Waals surface area contributed by atoms with E-state index in [0.717, 1.165) is 22.4 Å². The van der Waals surface area contributed by atoms with Gasteiger partial charge in [0.1, 0.15) is 0 Å². The minimum atomic E-state index is -0.155. The van der Waals surface area contributed by atoms with Crippen LogP contribution < -0.4 is 5.56 Å². The van der Waals surface area contributed by atoms with Gasteiger partial charge in [0.2, 0.25) is 5.56 Å². The van der Waals surface area contributed by atoms with Gasteiger partial charge >= 0.3 is 0 Å². The van der Waals surface area contributed by atoms with Crippen LogP contribution in [-0.4, -0.2) is 4.98 Å². The van der Waals surface area contributed by atoms with Crippen LogP contribution in [-0.2, 0) is 0 Å². The van der Waals surface area contributed by atoms with Gasteiger partial charge in [-0.05, 0) is 34.9 Å². The van der Waals surface area contributed by atoms with E-state index < -0.39 is 0 Å². The number of aromatic amines is 1. The highest BCUT2D eigenvalue weighted by Gasteiger charge is 2.06. The summed E-state index contributed by atoms with van der Waals surface area (Å²) in [6.07, 6.45) is 0. The zero-order chi connectivity index (χ0) is 14.8. The van der Waals surface area contributed by atoms with Crippen molar-refractivity contribution in [3.05, 3.63) is 81.1 Å². The average molecular weight is 316 g/mol. The molecule has 21 heavy (non-hydrogen) atoms. The molecule has 0 atom stereocenters. The first-order valence-electron chi connectivity index (χ1n) is 6.39. The van der Waals surface area contributed by atoms with Gasteiger partial charge in [-0.2, -0.15) is 0 Å². The third kappa shape index (κ3) is 3.02. The van der Waals surface area contributed by atoms with Gasteiger partial charge in [0.05, 0.1) is 10.0 Å². The molecule has 1 aromatic heterocycles. The molecule has 0 aliphatic carbocycles. The van der Waals surface area contributed by atoms with E-state index in [-0.39, 0.29) is 5.56 Å². The number of nitrogens with one attached hydrogen (secondary N) is 1. The first kappa shape index (κ1) is 13.9. The molecule has 0 aliphatic rings. The Kier molecular flexibility index (Phi) is 3.82. The molecule has 3 rings (SSSR count). The summed E-state index contributed by atoms with van der Waals surface area (Å²) in [6, 6.07) is 18.5. The van der Waals surface area contributed by atoms with Crippen molar-refractivity contribution in [3.63, 3.8) is 0 Å². The topological polar surface area (TPSA) is 32.9 Å². The van der Waals surface area contributed by atoms with Crippen molar-refractivity contribution in [2.75, 3.05) is 0 Å². The molecular formula is C17H11Cl2NO. The number of H-pyrrole nitrogens is 1. The molecule has 0 spiro atoms. The van der Waals surface area contributed by atoms with E-state index in [1.165, 1.54) is 0 Å². The smallest absolute Gasteiger partial charge is 0.249 e. The van der Waals surface area contributed by atoms with Gasteiger partial charge in [0, 0.05) is 11.8 Å². The molecule has 0 saturated heterocycles. The van der Waals surface area contributed by atoms with Crippen LogP contribution >= 0.6 is 23.2 Å². The van der Waals surface area contributed by atoms with Crippen LogP contribution in [0.15, 0.2) is 65.5 Å². The number of halogens is 2. The lowest BCUT2D eigenvalue weighted by atomic mass is 10.0. The third-order valence-electron chi connectivity index (χ3n) is 3.18. The number of aromatic nitrogens is 1. The molecule has 3 aromatic rings. The molecule has 1 N–H and O–H groups in total. The van der Waals surface area contributed by atoms with Gasteiger partial charge in [-0.25, -0.2) is 0 Å². The summed E-state index contributed by atoms with van der Waals surface area (Å²) in [5.41, 5.74) is 3.22. The molecule has 0 fully saturated rings. The summed E-state index contributed by atoms with van der Waals surface area (Å²) in [7, 11) is 0. The maximum atomic E-state index is 11.9. The lowest BCUT2D eigenvalue weighted by Gasteiger charge is -2.07. The van der Waals surface area contributed by atoms with Crippen LogP contribution in [0.25, 0.3) is 22.4 Å². The predicted molar refractivity (Wildman–Crippen MR) is 88.0 cm³/mol. The molecule has 0 unspecified atom stereocenters. The molecule has 104 valence electrons. The third-order valence-corrected chi connectivity index (χ3v) is 3.92. The highest BCUT2D eigenvalue weighted by Crippen LogP contribution is 2.29. The van der Waals surface area contributed by atoms with Crippen molar-refractivity contribution >= 4 is 23.2 Å². The van der Waals surface area contributed by atoms with Crippen molar-refractivity contribution in [2.45, 2.75) is 0 Å². The molecule has 2 aromatic carbocycles. The van der Waals surface area contributed by atoms with Crippen LogP contribution in [0.3, 0.4) is 0 Å². The first-order chi connectivity index (χ1) is 10.1. The minimum Gasteiger partial charge on any atom is -0.322 e. The molecule has 0 radical (unpaired) electrons. The molecule has 2 nitrogen and oxygen atoms in total. The molecule has 0 amide bonds. The fourth-order valence-corrected chi connectivity index (χ4v) is 2.46. The fourth-order valence-electron chi connectivity index (χ4n) is 2.16. The maximum absolute atomic E-state index is 11.9. The van der Waals surface area contributed by atoms with Crippen molar-refractivity contribution in [3.8, 4) is 22.4 Å². The van der Waals surface area contributed by atoms with Gasteiger partial charge in [-0.1, -0.05) is 59.6 Å². The largest absolute Gasteiger partial charge is 0.322 e. The zero-order valence-electron chi connectivity index (χ0n) is 10.9. The Balaban J connectivity index is 2.14. The second-order valence-electron chi connectivity index (χ2n) is 4.64. The Morgan fingerprint density at radius 1 is 0.714 bits per heavy atom. The second-order valence-corrected chi connectivity index (χ2v) is 5.46. The Morgan fingerprint density at radius 2 is 1.48 bits per heavy atom. The fraction of sp³-hybridized carbons (Fsp3) is 0. The summed E-state index contributed by atoms with van der Waals surface area (Å²) < 4.78 is 0. The zero-order valence-corrected chi connectivity index (χ0v) is 12.4. The summed E-state index contributed by atoms with van der Waals surface area (Å²) in [5, 5.41) is 0.962. The minimum absolute atomic E-state index is 0.155. The first-order valence-corrected chi connectivity index (χ1v) is 7.14. The van der Waals surface area contributed by atoms with Crippen LogP contribution in [0, 0.1) is 0 Å². The SMILES string of the molecule is O=c1cc(-c2ccc(Cl)c(Cl)c2)cc(-c2ccccc2)[nH]1. The molecule has 4 heteroatoms. The van der Waals surface area contributed by atoms with Crippen LogP contribution in [0.4, 0.5) is 0 Å². The van der Waals surface area contributed by atoms with E-state index in [1.807, 2.05) is 42.5 Å². The second kappa shape index (κ2) is 5.76. The average Bonchev–Trinajstić information content (AvgIpc) is 2.50. The monoisotopic (exact) mass is 315 g/mol. The summed E-state index contributed by atoms with van der Waals surface area (Å²) >= 11 is 12.0. The Labute approximate surface area is 132 Å². The van der Waals surface area contributed by atoms with E-state index in [1.54, 1.807) is 18.2 Å². The maximum Gasteiger partial charge on any atom is 0.249 e. The van der Waals surface area contributed by atoms with Gasteiger partial charge in [-0.3, -0.25) is 4.79 Å². The standard InChI is InChI=1S/C17H11Cl2NO/c18-14-7-6-12(8-15(14)19)13-9-16(20-17(21)10-13)11-4-2-1-3-5-11/h1-10H,(H,20,21). The molecule has 0 saturated carbocycles. The Hall–Kier alpha value is -2.03. The van der Waals surface area contributed by atoms with Crippen molar-refractivity contribution in [1.82, 2.24) is 4.98 Å². The quantitative estimate of drug-likeness (QED) is 0.708. The molecular weight excluding hydrogens is 305 g/mol. The van der Waals surface area contributed by atoms with Crippen molar-refractivity contribution in [2.24, 2.45) is 0 Å². The van der Waals surface area contributed by atoms with Crippen molar-refractivity contribution < 1.29 is 0 Å². The number of pyridine rings is 1. The normalized spacial score (nSPS) is 10.6. The molecule has 1 heterocycles. The van der Waals surface area contributed by atoms with Gasteiger partial charge in [-0.15, -0.1) is 0 Å². The highest BCUT2D eigenvalue weighted by molar-refractivity contribution is 6.42. The number of rotatable bonds is 2. The predicted octanol–water partition coefficient (Wildman–Crippen LogP) is 5.02. The van der Waals surface area contributed by atoms with E-state index in [0.29, 0.717) is 10.0 Å². The lowest BCUT2D eigenvalue weighted by molar-refractivity contribution is 1.24. The molecule has 0 aliphatic heterocycles. The van der Waals surface area contributed by atoms with Crippen LogP contribution in [0.2, 0.25) is 10.0 Å². The Bertz CT molecular complexity index is 841. The van der Waals surface area contributed by atoms with Gasteiger partial charge < -0.3 is 4.98 Å². The summed E-state index contributed by atoms with van der Waals surface area (Å²) in [4.78, 5) is 14.7. The number of benzene rings is 2. The van der Waals surface area contributed by atoms with E-state index >= 15 is 0 Å². The van der Waals surface area contributed by atoms with E-state index in [9.17, 15) is 4.79 Å². The van der Waals surface area contributed by atoms with Crippen molar-refractivity contribution in [1.29, 1.82) is 0 Å². The van der Waals surface area contributed by atoms with Crippen LogP contribution in [0.1, 0.15) is 0 Å². The number of hydrogen-bond acceptors (Lipinski definition) is 1. The highest BCUT2D eigenvalue weighted by atomic mass is 35.5.